The molecular weight excluding hydrogens is 280 g/mol. The fraction of sp³-hybridized carbons (Fsp3) is 0.438. The lowest BCUT2D eigenvalue weighted by Gasteiger charge is -2.16. The number of carbonyl (C=O) groups is 1. The molecule has 2 atom stereocenters. The zero-order valence-corrected chi connectivity index (χ0v) is 12.8. The van der Waals surface area contributed by atoms with Crippen molar-refractivity contribution in [3.05, 3.63) is 41.7 Å². The molecule has 0 saturated carbocycles. The lowest BCUT2D eigenvalue weighted by atomic mass is 10.0. The van der Waals surface area contributed by atoms with Crippen LogP contribution in [-0.2, 0) is 0 Å². The lowest BCUT2D eigenvalue weighted by Crippen LogP contribution is -2.30. The first-order chi connectivity index (χ1) is 10.5. The Balaban J connectivity index is 1.74. The molecule has 0 spiro atoms. The molecular formula is C16H20N4O2. The van der Waals surface area contributed by atoms with Gasteiger partial charge in [-0.05, 0) is 32.4 Å². The molecule has 1 aromatic heterocycles. The molecule has 1 fully saturated rings. The average Bonchev–Trinajstić information content (AvgIpc) is 3.17. The highest BCUT2D eigenvalue weighted by Gasteiger charge is 2.30. The molecule has 2 aromatic rings. The molecule has 1 N–H and O–H groups in total. The Morgan fingerprint density at radius 1 is 1.36 bits per heavy atom. The molecule has 6 heteroatoms. The van der Waals surface area contributed by atoms with Crippen LogP contribution in [0, 0.1) is 12.8 Å². The number of amides is 1. The van der Waals surface area contributed by atoms with Crippen LogP contribution in [0.4, 0.5) is 0 Å². The summed E-state index contributed by atoms with van der Waals surface area (Å²) in [4.78, 5) is 14.2. The Morgan fingerprint density at radius 3 is 2.73 bits per heavy atom. The van der Waals surface area contributed by atoms with E-state index in [1.54, 1.807) is 22.7 Å². The van der Waals surface area contributed by atoms with E-state index in [0.717, 1.165) is 12.1 Å². The maximum atomic E-state index is 12.4. The quantitative estimate of drug-likeness (QED) is 0.930. The number of rotatable bonds is 3. The zero-order valence-electron chi connectivity index (χ0n) is 12.8. The summed E-state index contributed by atoms with van der Waals surface area (Å²) in [6.45, 7) is 5.03. The van der Waals surface area contributed by atoms with Gasteiger partial charge in [-0.1, -0.05) is 22.9 Å². The van der Waals surface area contributed by atoms with Crippen molar-refractivity contribution in [2.45, 2.75) is 26.4 Å². The van der Waals surface area contributed by atoms with Gasteiger partial charge in [-0.15, -0.1) is 5.10 Å². The van der Waals surface area contributed by atoms with Crippen LogP contribution in [0.5, 0.6) is 0 Å². The predicted molar refractivity (Wildman–Crippen MR) is 81.8 cm³/mol. The minimum Gasteiger partial charge on any atom is -0.393 e. The van der Waals surface area contributed by atoms with Crippen molar-refractivity contribution in [2.75, 3.05) is 13.1 Å². The van der Waals surface area contributed by atoms with Gasteiger partial charge < -0.3 is 10.0 Å². The van der Waals surface area contributed by atoms with Crippen LogP contribution in [0.2, 0.25) is 0 Å². The first kappa shape index (κ1) is 14.7. The van der Waals surface area contributed by atoms with Gasteiger partial charge in [-0.2, -0.15) is 0 Å². The lowest BCUT2D eigenvalue weighted by molar-refractivity contribution is 0.0756. The molecule has 2 unspecified atom stereocenters. The molecule has 1 aromatic carbocycles. The number of likely N-dealkylation sites (tertiary alicyclic amines) is 1. The second-order valence-electron chi connectivity index (χ2n) is 5.92. The Hall–Kier alpha value is -2.21. The number of hydrogen-bond acceptors (Lipinski definition) is 4. The van der Waals surface area contributed by atoms with E-state index < -0.39 is 0 Å². The minimum atomic E-state index is -0.388. The van der Waals surface area contributed by atoms with Crippen molar-refractivity contribution in [1.29, 1.82) is 0 Å². The third kappa shape index (κ3) is 2.87. The molecule has 6 nitrogen and oxygen atoms in total. The van der Waals surface area contributed by atoms with E-state index in [4.69, 9.17) is 0 Å². The van der Waals surface area contributed by atoms with Crippen LogP contribution in [0.15, 0.2) is 30.5 Å². The van der Waals surface area contributed by atoms with Crippen molar-refractivity contribution in [2.24, 2.45) is 5.92 Å². The van der Waals surface area contributed by atoms with Crippen LogP contribution < -0.4 is 0 Å². The van der Waals surface area contributed by atoms with E-state index in [0.29, 0.717) is 18.8 Å². The van der Waals surface area contributed by atoms with Gasteiger partial charge in [-0.3, -0.25) is 4.79 Å². The van der Waals surface area contributed by atoms with Gasteiger partial charge >= 0.3 is 0 Å². The summed E-state index contributed by atoms with van der Waals surface area (Å²) in [5.74, 6) is 0.0256. The van der Waals surface area contributed by atoms with Crippen molar-refractivity contribution in [1.82, 2.24) is 19.9 Å². The zero-order chi connectivity index (χ0) is 15.7. The molecule has 0 bridgehead atoms. The average molecular weight is 300 g/mol. The number of benzene rings is 1. The summed E-state index contributed by atoms with van der Waals surface area (Å²) >= 11 is 0. The van der Waals surface area contributed by atoms with Crippen molar-refractivity contribution in [3.8, 4) is 5.69 Å². The third-order valence-electron chi connectivity index (χ3n) is 4.21. The maximum Gasteiger partial charge on any atom is 0.276 e. The monoisotopic (exact) mass is 300 g/mol. The van der Waals surface area contributed by atoms with E-state index in [2.05, 4.69) is 10.3 Å². The fourth-order valence-electron chi connectivity index (χ4n) is 2.71. The summed E-state index contributed by atoms with van der Waals surface area (Å²) in [5.41, 5.74) is 2.38. The summed E-state index contributed by atoms with van der Waals surface area (Å²) in [5, 5.41) is 17.6. The number of nitrogens with zero attached hydrogens (tertiary/aromatic N) is 4. The van der Waals surface area contributed by atoms with Gasteiger partial charge in [0.2, 0.25) is 0 Å². The van der Waals surface area contributed by atoms with Crippen LogP contribution in [0.1, 0.15) is 29.4 Å². The van der Waals surface area contributed by atoms with Crippen molar-refractivity contribution in [3.63, 3.8) is 0 Å². The molecule has 22 heavy (non-hydrogen) atoms. The second kappa shape index (κ2) is 5.88. The van der Waals surface area contributed by atoms with E-state index in [9.17, 15) is 9.90 Å². The highest BCUT2D eigenvalue weighted by Crippen LogP contribution is 2.21. The van der Waals surface area contributed by atoms with Crippen LogP contribution in [-0.4, -0.2) is 50.1 Å². The van der Waals surface area contributed by atoms with Gasteiger partial charge in [-0.25, -0.2) is 4.68 Å². The van der Waals surface area contributed by atoms with Crippen LogP contribution >= 0.6 is 0 Å². The van der Waals surface area contributed by atoms with Crippen molar-refractivity contribution < 1.29 is 9.90 Å². The standard InChI is InChI=1S/C16H20N4O2/c1-11-3-5-14(6-4-11)20-10-15(17-18-20)16(22)19-8-7-13(9-19)12(2)21/h3-6,10,12-13,21H,7-9H2,1-2H3. The first-order valence-corrected chi connectivity index (χ1v) is 7.51. The summed E-state index contributed by atoms with van der Waals surface area (Å²) in [6.07, 6.45) is 2.10. The maximum absolute atomic E-state index is 12.4. The Labute approximate surface area is 129 Å². The van der Waals surface area contributed by atoms with E-state index in [-0.39, 0.29) is 17.9 Å². The SMILES string of the molecule is Cc1ccc(-n2cc(C(=O)N3CCC(C(C)O)C3)nn2)cc1. The molecule has 1 amide bonds. The Morgan fingerprint density at radius 2 is 2.09 bits per heavy atom. The molecule has 3 rings (SSSR count). The second-order valence-corrected chi connectivity index (χ2v) is 5.92. The number of aryl methyl sites for hydroxylation is 1. The Bertz CT molecular complexity index is 663. The van der Waals surface area contributed by atoms with Crippen LogP contribution in [0.25, 0.3) is 5.69 Å². The molecule has 0 aliphatic carbocycles. The van der Waals surface area contributed by atoms with Gasteiger partial charge in [0.1, 0.15) is 0 Å². The highest BCUT2D eigenvalue weighted by molar-refractivity contribution is 5.92. The number of aromatic nitrogens is 3. The van der Waals surface area contributed by atoms with E-state index in [1.165, 1.54) is 5.56 Å². The van der Waals surface area contributed by atoms with Gasteiger partial charge in [0.15, 0.2) is 5.69 Å². The van der Waals surface area contributed by atoms with Crippen LogP contribution in [0.3, 0.4) is 0 Å². The highest BCUT2D eigenvalue weighted by atomic mass is 16.3. The summed E-state index contributed by atoms with van der Waals surface area (Å²) < 4.78 is 1.61. The normalized spacial score (nSPS) is 19.4. The van der Waals surface area contributed by atoms with Crippen molar-refractivity contribution >= 4 is 5.91 Å². The first-order valence-electron chi connectivity index (χ1n) is 7.51. The third-order valence-corrected chi connectivity index (χ3v) is 4.21. The number of carbonyl (C=O) groups excluding carboxylic acids is 1. The molecule has 1 aliphatic heterocycles. The predicted octanol–water partition coefficient (Wildman–Crippen LogP) is 1.42. The number of aliphatic hydroxyl groups is 1. The smallest absolute Gasteiger partial charge is 0.276 e. The molecule has 116 valence electrons. The molecule has 2 heterocycles. The van der Waals surface area contributed by atoms with Gasteiger partial charge in [0, 0.05) is 19.0 Å². The summed E-state index contributed by atoms with van der Waals surface area (Å²) in [6, 6.07) is 7.87. The number of hydrogen-bond donors (Lipinski definition) is 1. The van der Waals surface area contributed by atoms with E-state index in [1.807, 2.05) is 31.2 Å². The fourth-order valence-corrected chi connectivity index (χ4v) is 2.71. The largest absolute Gasteiger partial charge is 0.393 e. The van der Waals surface area contributed by atoms with E-state index >= 15 is 0 Å². The molecule has 1 saturated heterocycles. The van der Waals surface area contributed by atoms with Gasteiger partial charge in [0.05, 0.1) is 18.0 Å². The topological polar surface area (TPSA) is 71.2 Å². The number of aliphatic hydroxyl groups excluding tert-OH is 1. The Kier molecular flexibility index (Phi) is 3.94. The minimum absolute atomic E-state index is 0.124. The molecule has 1 aliphatic rings. The van der Waals surface area contributed by atoms with Gasteiger partial charge in [0.25, 0.3) is 5.91 Å². The summed E-state index contributed by atoms with van der Waals surface area (Å²) in [7, 11) is 0. The molecule has 0 radical (unpaired) electrons.